The molecule has 1 aromatic carbocycles. The molecule has 3 N–H and O–H groups in total. The van der Waals surface area contributed by atoms with E-state index in [4.69, 9.17) is 0 Å². The van der Waals surface area contributed by atoms with E-state index in [0.717, 1.165) is 44.7 Å². The molecule has 0 aliphatic carbocycles. The maximum absolute atomic E-state index is 13.8. The van der Waals surface area contributed by atoms with E-state index in [1.807, 2.05) is 6.92 Å². The number of carbonyl (C=O) groups is 2. The van der Waals surface area contributed by atoms with Gasteiger partial charge in [-0.2, -0.15) is 0 Å². The van der Waals surface area contributed by atoms with Crippen LogP contribution in [0.4, 0.5) is 8.78 Å². The summed E-state index contributed by atoms with van der Waals surface area (Å²) in [5.74, 6) is -2.56. The fraction of sp³-hybridized carbons (Fsp3) is 0.680. The number of hydrogen-bond acceptors (Lipinski definition) is 4. The molecule has 5 atom stereocenters. The van der Waals surface area contributed by atoms with Crippen LogP contribution in [0.3, 0.4) is 0 Å². The molecule has 6 nitrogen and oxygen atoms in total. The molecule has 0 saturated carbocycles. The number of carbonyl (C=O) groups excluding carboxylic acids is 2. The van der Waals surface area contributed by atoms with Crippen LogP contribution in [0.15, 0.2) is 18.2 Å². The Morgan fingerprint density at radius 3 is 2.58 bits per heavy atom. The van der Waals surface area contributed by atoms with Gasteiger partial charge in [0.15, 0.2) is 0 Å². The summed E-state index contributed by atoms with van der Waals surface area (Å²) < 4.78 is 27.6. The van der Waals surface area contributed by atoms with E-state index in [1.54, 1.807) is 4.90 Å². The van der Waals surface area contributed by atoms with E-state index in [-0.39, 0.29) is 30.2 Å². The number of piperidine rings is 1. The van der Waals surface area contributed by atoms with Crippen molar-refractivity contribution in [3.8, 4) is 0 Å². The monoisotopic (exact) mass is 465 g/mol. The summed E-state index contributed by atoms with van der Waals surface area (Å²) in [6, 6.07) is 2.31. The van der Waals surface area contributed by atoms with E-state index < -0.39 is 29.7 Å². The number of hydrogen-bond donors (Lipinski definition) is 3. The molecule has 3 rings (SSSR count). The first kappa shape index (κ1) is 25.6. The minimum Gasteiger partial charge on any atom is -0.389 e. The van der Waals surface area contributed by atoms with E-state index in [0.29, 0.717) is 25.1 Å². The van der Waals surface area contributed by atoms with E-state index in [2.05, 4.69) is 17.6 Å². The molecule has 1 unspecified atom stereocenters. The predicted molar refractivity (Wildman–Crippen MR) is 122 cm³/mol. The fourth-order valence-corrected chi connectivity index (χ4v) is 5.12. The summed E-state index contributed by atoms with van der Waals surface area (Å²) in [6.45, 7) is 5.74. The Hall–Kier alpha value is -2.06. The molecule has 184 valence electrons. The molecule has 0 bridgehead atoms. The molecular weight excluding hydrogens is 428 g/mol. The van der Waals surface area contributed by atoms with Crippen molar-refractivity contribution in [1.82, 2.24) is 15.5 Å². The first-order valence-corrected chi connectivity index (χ1v) is 12.3. The van der Waals surface area contributed by atoms with Gasteiger partial charge in [0.1, 0.15) is 11.6 Å². The second-order valence-corrected chi connectivity index (χ2v) is 9.40. The summed E-state index contributed by atoms with van der Waals surface area (Å²) >= 11 is 0. The SMILES string of the molecule is CCCCN1CC(C(=O)N[C@@H](Cc2cc(F)cc(F)c2)[C@H](O)[C@H]2CCCCN2)[C@@H](CC)C1=O. The van der Waals surface area contributed by atoms with Crippen LogP contribution in [-0.2, 0) is 16.0 Å². The summed E-state index contributed by atoms with van der Waals surface area (Å²) in [5.41, 5.74) is 0.367. The van der Waals surface area contributed by atoms with Crippen molar-refractivity contribution >= 4 is 11.8 Å². The lowest BCUT2D eigenvalue weighted by Crippen LogP contribution is -2.56. The zero-order chi connectivity index (χ0) is 24.0. The fourth-order valence-electron chi connectivity index (χ4n) is 5.12. The second-order valence-electron chi connectivity index (χ2n) is 9.40. The Morgan fingerprint density at radius 1 is 1.24 bits per heavy atom. The van der Waals surface area contributed by atoms with Crippen LogP contribution < -0.4 is 10.6 Å². The average molecular weight is 466 g/mol. The highest BCUT2D eigenvalue weighted by Gasteiger charge is 2.43. The van der Waals surface area contributed by atoms with E-state index in [9.17, 15) is 23.5 Å². The van der Waals surface area contributed by atoms with Gasteiger partial charge in [-0.3, -0.25) is 9.59 Å². The van der Waals surface area contributed by atoms with Crippen LogP contribution in [0.2, 0.25) is 0 Å². The standard InChI is InChI=1S/C25H37F2N3O3/c1-3-5-10-30-15-20(19(4-2)25(30)33)24(32)29-22(23(31)21-8-6-7-9-28-21)13-16-11-17(26)14-18(27)12-16/h11-12,14,19-23,28,31H,3-10,13,15H2,1-2H3,(H,29,32)/t19-,20?,21-,22+,23-/m1/s1. The molecule has 2 heterocycles. The number of nitrogens with one attached hydrogen (secondary N) is 2. The van der Waals surface area contributed by atoms with Gasteiger partial charge >= 0.3 is 0 Å². The molecule has 2 amide bonds. The normalized spacial score (nSPS) is 25.2. The van der Waals surface area contributed by atoms with Gasteiger partial charge in [0.2, 0.25) is 11.8 Å². The van der Waals surface area contributed by atoms with Gasteiger partial charge in [0.25, 0.3) is 0 Å². The lowest BCUT2D eigenvalue weighted by Gasteiger charge is -2.34. The molecule has 0 radical (unpaired) electrons. The maximum atomic E-state index is 13.8. The first-order valence-electron chi connectivity index (χ1n) is 12.3. The number of benzene rings is 1. The summed E-state index contributed by atoms with van der Waals surface area (Å²) in [4.78, 5) is 27.9. The van der Waals surface area contributed by atoms with Crippen molar-refractivity contribution in [2.45, 2.75) is 77.0 Å². The predicted octanol–water partition coefficient (Wildman–Crippen LogP) is 2.78. The maximum Gasteiger partial charge on any atom is 0.226 e. The Kier molecular flexibility index (Phi) is 9.20. The van der Waals surface area contributed by atoms with Crippen LogP contribution in [-0.4, -0.2) is 59.6 Å². The van der Waals surface area contributed by atoms with Gasteiger partial charge in [-0.15, -0.1) is 0 Å². The van der Waals surface area contributed by atoms with Gasteiger partial charge in [-0.1, -0.05) is 26.7 Å². The average Bonchev–Trinajstić information content (AvgIpc) is 3.12. The Labute approximate surface area is 195 Å². The number of nitrogens with zero attached hydrogens (tertiary/aromatic N) is 1. The summed E-state index contributed by atoms with van der Waals surface area (Å²) in [5, 5.41) is 17.4. The molecule has 2 aliphatic heterocycles. The van der Waals surface area contributed by atoms with Gasteiger partial charge in [-0.05, 0) is 56.3 Å². The van der Waals surface area contributed by atoms with Gasteiger partial charge in [-0.25, -0.2) is 8.78 Å². The van der Waals surface area contributed by atoms with Gasteiger partial charge < -0.3 is 20.6 Å². The zero-order valence-electron chi connectivity index (χ0n) is 19.7. The van der Waals surface area contributed by atoms with Crippen LogP contribution in [0, 0.1) is 23.5 Å². The van der Waals surface area contributed by atoms with Crippen molar-refractivity contribution in [1.29, 1.82) is 0 Å². The molecular formula is C25H37F2N3O3. The lowest BCUT2D eigenvalue weighted by atomic mass is 9.89. The highest BCUT2D eigenvalue weighted by atomic mass is 19.1. The van der Waals surface area contributed by atoms with Crippen molar-refractivity contribution in [2.75, 3.05) is 19.6 Å². The summed E-state index contributed by atoms with van der Waals surface area (Å²) in [7, 11) is 0. The zero-order valence-corrected chi connectivity index (χ0v) is 19.7. The topological polar surface area (TPSA) is 81.7 Å². The smallest absolute Gasteiger partial charge is 0.226 e. The molecule has 2 fully saturated rings. The Bertz CT molecular complexity index is 796. The third-order valence-electron chi connectivity index (χ3n) is 6.97. The minimum absolute atomic E-state index is 0.00403. The third kappa shape index (κ3) is 6.51. The van der Waals surface area contributed by atoms with Crippen molar-refractivity contribution < 1.29 is 23.5 Å². The molecule has 1 aromatic rings. The third-order valence-corrected chi connectivity index (χ3v) is 6.97. The number of halogens is 2. The molecule has 0 aromatic heterocycles. The Balaban J connectivity index is 1.77. The lowest BCUT2D eigenvalue weighted by molar-refractivity contribution is -0.134. The van der Waals surface area contributed by atoms with Crippen molar-refractivity contribution in [3.63, 3.8) is 0 Å². The first-order chi connectivity index (χ1) is 15.8. The highest BCUT2D eigenvalue weighted by Crippen LogP contribution is 2.29. The van der Waals surface area contributed by atoms with E-state index in [1.165, 1.54) is 12.1 Å². The minimum atomic E-state index is -0.922. The van der Waals surface area contributed by atoms with Gasteiger partial charge in [0.05, 0.1) is 24.0 Å². The van der Waals surface area contributed by atoms with E-state index >= 15 is 0 Å². The number of unbranched alkanes of at least 4 members (excludes halogenated alkanes) is 1. The van der Waals surface area contributed by atoms with Crippen LogP contribution in [0.1, 0.15) is 57.9 Å². The largest absolute Gasteiger partial charge is 0.389 e. The number of aliphatic hydroxyl groups is 1. The second kappa shape index (κ2) is 11.9. The number of aliphatic hydroxyl groups excluding tert-OH is 1. The van der Waals surface area contributed by atoms with Crippen molar-refractivity contribution in [3.05, 3.63) is 35.4 Å². The van der Waals surface area contributed by atoms with Crippen LogP contribution >= 0.6 is 0 Å². The number of likely N-dealkylation sites (tertiary alicyclic amines) is 1. The summed E-state index contributed by atoms with van der Waals surface area (Å²) in [6.07, 6.45) is 4.32. The van der Waals surface area contributed by atoms with Gasteiger partial charge in [0, 0.05) is 25.2 Å². The Morgan fingerprint density at radius 2 is 1.97 bits per heavy atom. The van der Waals surface area contributed by atoms with Crippen LogP contribution in [0.5, 0.6) is 0 Å². The van der Waals surface area contributed by atoms with Crippen LogP contribution in [0.25, 0.3) is 0 Å². The number of rotatable bonds is 10. The molecule has 8 heteroatoms. The highest BCUT2D eigenvalue weighted by molar-refractivity contribution is 5.91. The quantitative estimate of drug-likeness (QED) is 0.496. The molecule has 0 spiro atoms. The number of amides is 2. The molecule has 2 aliphatic rings. The molecule has 2 saturated heterocycles. The molecule has 33 heavy (non-hydrogen) atoms. The van der Waals surface area contributed by atoms with Crippen molar-refractivity contribution in [2.24, 2.45) is 11.8 Å².